The van der Waals surface area contributed by atoms with Gasteiger partial charge in [0.05, 0.1) is 11.8 Å². The average Bonchev–Trinajstić information content (AvgIpc) is 3.45. The van der Waals surface area contributed by atoms with Crippen molar-refractivity contribution in [2.75, 3.05) is 6.54 Å². The van der Waals surface area contributed by atoms with Crippen molar-refractivity contribution in [1.29, 1.82) is 0 Å². The van der Waals surface area contributed by atoms with Crippen molar-refractivity contribution in [2.45, 2.75) is 46.1 Å². The Labute approximate surface area is 208 Å². The van der Waals surface area contributed by atoms with Crippen molar-refractivity contribution < 1.29 is 24.2 Å². The standard InChI is InChI=1S/C27H30N4O5/c1-17(2)11-12-28-24(33)10-6-7-13-31-16-21(29-30-31)25-20-14-19(27(34)35)22(32)15-23(20)36-26(25)18-8-4-3-5-9-18/h3-5,8-9,14-17,32H,6-7,10-13H2,1-2H3,(H,28,33)(H,34,35). The smallest absolute Gasteiger partial charge is 0.339 e. The van der Waals surface area contributed by atoms with E-state index in [-0.39, 0.29) is 17.2 Å². The highest BCUT2D eigenvalue weighted by atomic mass is 16.4. The predicted molar refractivity (Wildman–Crippen MR) is 136 cm³/mol. The monoisotopic (exact) mass is 490 g/mol. The molecule has 0 saturated carbocycles. The number of nitrogens with one attached hydrogen (secondary N) is 1. The first-order chi connectivity index (χ1) is 17.3. The molecule has 9 heteroatoms. The zero-order valence-electron chi connectivity index (χ0n) is 20.4. The fraction of sp³-hybridized carbons (Fsp3) is 0.333. The lowest BCUT2D eigenvalue weighted by molar-refractivity contribution is -0.121. The Morgan fingerprint density at radius 2 is 1.92 bits per heavy atom. The van der Waals surface area contributed by atoms with E-state index in [1.165, 1.54) is 12.1 Å². The lowest BCUT2D eigenvalue weighted by Crippen LogP contribution is -2.24. The lowest BCUT2D eigenvalue weighted by Gasteiger charge is -2.07. The Kier molecular flexibility index (Phi) is 7.68. The molecule has 188 valence electrons. The topological polar surface area (TPSA) is 130 Å². The minimum Gasteiger partial charge on any atom is -0.507 e. The van der Waals surface area contributed by atoms with Gasteiger partial charge in [-0.15, -0.1) is 5.10 Å². The van der Waals surface area contributed by atoms with Crippen LogP contribution < -0.4 is 5.32 Å². The van der Waals surface area contributed by atoms with E-state index in [0.717, 1.165) is 24.8 Å². The van der Waals surface area contributed by atoms with Gasteiger partial charge in [0.2, 0.25) is 5.91 Å². The molecule has 3 N–H and O–H groups in total. The maximum Gasteiger partial charge on any atom is 0.339 e. The number of aromatic nitrogens is 3. The highest BCUT2D eigenvalue weighted by Gasteiger charge is 2.23. The number of aromatic carboxylic acids is 1. The van der Waals surface area contributed by atoms with Gasteiger partial charge in [-0.25, -0.2) is 4.79 Å². The molecular formula is C27H30N4O5. The molecule has 0 fully saturated rings. The summed E-state index contributed by atoms with van der Waals surface area (Å²) in [6.45, 7) is 5.54. The van der Waals surface area contributed by atoms with Gasteiger partial charge in [-0.1, -0.05) is 49.4 Å². The molecule has 2 heterocycles. The number of carbonyl (C=O) groups excluding carboxylic acids is 1. The summed E-state index contributed by atoms with van der Waals surface area (Å²) in [5.41, 5.74) is 2.06. The van der Waals surface area contributed by atoms with Crippen LogP contribution in [0.2, 0.25) is 0 Å². The number of nitrogens with zero attached hydrogens (tertiary/aromatic N) is 3. The average molecular weight is 491 g/mol. The molecule has 36 heavy (non-hydrogen) atoms. The van der Waals surface area contributed by atoms with Crippen molar-refractivity contribution in [3.8, 4) is 28.3 Å². The fourth-order valence-electron chi connectivity index (χ4n) is 4.02. The number of hydrogen-bond donors (Lipinski definition) is 3. The van der Waals surface area contributed by atoms with Crippen molar-refractivity contribution in [2.24, 2.45) is 5.92 Å². The molecule has 9 nitrogen and oxygen atoms in total. The minimum atomic E-state index is -1.24. The van der Waals surface area contributed by atoms with E-state index in [4.69, 9.17) is 4.42 Å². The molecular weight excluding hydrogens is 460 g/mol. The van der Waals surface area contributed by atoms with E-state index in [1.807, 2.05) is 30.3 Å². The number of amides is 1. The molecule has 1 amide bonds. The second-order valence-corrected chi connectivity index (χ2v) is 9.20. The first-order valence-electron chi connectivity index (χ1n) is 12.1. The van der Waals surface area contributed by atoms with E-state index in [9.17, 15) is 19.8 Å². The predicted octanol–water partition coefficient (Wildman–Crippen LogP) is 5.09. The van der Waals surface area contributed by atoms with E-state index in [0.29, 0.717) is 53.4 Å². The number of unbranched alkanes of at least 4 members (excludes halogenated alkanes) is 1. The Bertz CT molecular complexity index is 1360. The number of aromatic hydroxyl groups is 1. The Hall–Kier alpha value is -4.14. The van der Waals surface area contributed by atoms with Crippen LogP contribution >= 0.6 is 0 Å². The summed E-state index contributed by atoms with van der Waals surface area (Å²) < 4.78 is 7.77. The second-order valence-electron chi connectivity index (χ2n) is 9.20. The highest BCUT2D eigenvalue weighted by molar-refractivity contribution is 6.05. The van der Waals surface area contributed by atoms with Crippen LogP contribution in [0.1, 0.15) is 49.9 Å². The molecule has 0 saturated heterocycles. The number of rotatable bonds is 11. The first-order valence-corrected chi connectivity index (χ1v) is 12.1. The number of aryl methyl sites for hydroxylation is 1. The molecule has 0 aliphatic rings. The van der Waals surface area contributed by atoms with Crippen LogP contribution in [0.4, 0.5) is 0 Å². The summed E-state index contributed by atoms with van der Waals surface area (Å²) in [6, 6.07) is 12.1. The number of hydrogen-bond acceptors (Lipinski definition) is 6. The number of furan rings is 1. The van der Waals surface area contributed by atoms with Gasteiger partial charge in [-0.2, -0.15) is 0 Å². The summed E-state index contributed by atoms with van der Waals surface area (Å²) in [4.78, 5) is 23.6. The molecule has 2 aromatic carbocycles. The first kappa shape index (κ1) is 25.0. The normalized spacial score (nSPS) is 11.3. The van der Waals surface area contributed by atoms with Crippen molar-refractivity contribution >= 4 is 22.8 Å². The van der Waals surface area contributed by atoms with Gasteiger partial charge in [0.15, 0.2) is 0 Å². The number of carboxylic acid groups (broad SMARTS) is 1. The summed E-state index contributed by atoms with van der Waals surface area (Å²) in [5.74, 6) is -0.475. The molecule has 4 aromatic rings. The summed E-state index contributed by atoms with van der Waals surface area (Å²) in [5, 5.41) is 31.7. The Balaban J connectivity index is 1.54. The van der Waals surface area contributed by atoms with Gasteiger partial charge in [-0.3, -0.25) is 9.48 Å². The van der Waals surface area contributed by atoms with Gasteiger partial charge in [0.25, 0.3) is 0 Å². The summed E-state index contributed by atoms with van der Waals surface area (Å²) in [6.07, 6.45) is 4.70. The maximum absolute atomic E-state index is 12.0. The second kappa shape index (κ2) is 11.1. The van der Waals surface area contributed by atoms with Crippen LogP contribution in [-0.2, 0) is 11.3 Å². The van der Waals surface area contributed by atoms with Gasteiger partial charge >= 0.3 is 5.97 Å². The molecule has 2 aromatic heterocycles. The largest absolute Gasteiger partial charge is 0.507 e. The van der Waals surface area contributed by atoms with E-state index in [1.54, 1.807) is 10.9 Å². The molecule has 4 rings (SSSR count). The molecule has 0 unspecified atom stereocenters. The van der Waals surface area contributed by atoms with Crippen molar-refractivity contribution in [1.82, 2.24) is 20.3 Å². The minimum absolute atomic E-state index is 0.0600. The van der Waals surface area contributed by atoms with E-state index >= 15 is 0 Å². The highest BCUT2D eigenvalue weighted by Crippen LogP contribution is 2.42. The number of carboxylic acids is 1. The molecule has 0 spiro atoms. The number of fused-ring (bicyclic) bond motifs is 1. The van der Waals surface area contributed by atoms with Crippen molar-refractivity contribution in [3.63, 3.8) is 0 Å². The number of phenols is 1. The van der Waals surface area contributed by atoms with Crippen LogP contribution in [-0.4, -0.2) is 43.6 Å². The van der Waals surface area contributed by atoms with Crippen LogP contribution in [0.15, 0.2) is 53.1 Å². The number of benzene rings is 2. The zero-order valence-corrected chi connectivity index (χ0v) is 20.4. The van der Waals surface area contributed by atoms with Crippen LogP contribution in [0.3, 0.4) is 0 Å². The van der Waals surface area contributed by atoms with Gasteiger partial charge in [0, 0.05) is 36.5 Å². The molecule has 0 radical (unpaired) electrons. The van der Waals surface area contributed by atoms with Crippen LogP contribution in [0.25, 0.3) is 33.6 Å². The molecule has 0 aliphatic heterocycles. The van der Waals surface area contributed by atoms with E-state index in [2.05, 4.69) is 29.5 Å². The van der Waals surface area contributed by atoms with Gasteiger partial charge < -0.3 is 19.9 Å². The molecule has 0 aliphatic carbocycles. The fourth-order valence-corrected chi connectivity index (χ4v) is 4.02. The summed E-state index contributed by atoms with van der Waals surface area (Å²) in [7, 11) is 0. The zero-order chi connectivity index (χ0) is 25.7. The SMILES string of the molecule is CC(C)CCNC(=O)CCCCn1cc(-c2c(-c3ccccc3)oc3cc(O)c(C(=O)O)cc23)nn1. The van der Waals surface area contributed by atoms with Crippen molar-refractivity contribution in [3.05, 3.63) is 54.2 Å². The van der Waals surface area contributed by atoms with Gasteiger partial charge in [-0.05, 0) is 31.2 Å². The lowest BCUT2D eigenvalue weighted by atomic mass is 10.0. The molecule has 0 atom stereocenters. The van der Waals surface area contributed by atoms with Gasteiger partial charge in [0.1, 0.15) is 28.4 Å². The third-order valence-electron chi connectivity index (χ3n) is 5.95. The summed E-state index contributed by atoms with van der Waals surface area (Å²) >= 11 is 0. The van der Waals surface area contributed by atoms with Crippen LogP contribution in [0.5, 0.6) is 5.75 Å². The Morgan fingerprint density at radius 3 is 2.64 bits per heavy atom. The maximum atomic E-state index is 12.0. The van der Waals surface area contributed by atoms with E-state index < -0.39 is 5.97 Å². The van der Waals surface area contributed by atoms with Crippen LogP contribution in [0, 0.1) is 5.92 Å². The quantitative estimate of drug-likeness (QED) is 0.249. The number of carbonyl (C=O) groups is 2. The Morgan fingerprint density at radius 1 is 1.14 bits per heavy atom. The third kappa shape index (κ3) is 5.73. The molecule has 0 bridgehead atoms. The third-order valence-corrected chi connectivity index (χ3v) is 5.95.